The smallest absolute Gasteiger partial charge is 0.330 e. The lowest BCUT2D eigenvalue weighted by Gasteiger charge is -2.13. The number of carbonyl (C=O) groups is 1. The fourth-order valence-electron chi connectivity index (χ4n) is 2.19. The van der Waals surface area contributed by atoms with Crippen LogP contribution in [-0.2, 0) is 9.53 Å². The van der Waals surface area contributed by atoms with Crippen molar-refractivity contribution >= 4 is 17.7 Å². The average Bonchev–Trinajstić information content (AvgIpc) is 2.53. The monoisotopic (exact) mass is 295 g/mol. The van der Waals surface area contributed by atoms with Gasteiger partial charge in [0.05, 0.1) is 6.61 Å². The minimum absolute atomic E-state index is 0.319. The molecule has 0 aliphatic heterocycles. The number of hydrogen-bond donors (Lipinski definition) is 0. The van der Waals surface area contributed by atoms with Crippen molar-refractivity contribution < 1.29 is 9.53 Å². The molecule has 114 valence electrons. The topological polar surface area (TPSA) is 29.5 Å². The summed E-state index contributed by atoms with van der Waals surface area (Å²) in [6, 6.07) is 16.3. The van der Waals surface area contributed by atoms with Crippen molar-refractivity contribution in [1.29, 1.82) is 0 Å². The van der Waals surface area contributed by atoms with E-state index in [0.29, 0.717) is 6.61 Å². The number of anilines is 1. The Morgan fingerprint density at radius 2 is 1.77 bits per heavy atom. The Bertz CT molecular complexity index is 657. The van der Waals surface area contributed by atoms with E-state index in [0.717, 1.165) is 22.4 Å². The van der Waals surface area contributed by atoms with Gasteiger partial charge in [0.2, 0.25) is 0 Å². The highest BCUT2D eigenvalue weighted by Crippen LogP contribution is 2.26. The summed E-state index contributed by atoms with van der Waals surface area (Å²) < 4.78 is 4.92. The minimum atomic E-state index is -0.319. The number of nitrogens with zero attached hydrogens (tertiary/aromatic N) is 1. The number of rotatable bonds is 5. The molecule has 0 radical (unpaired) electrons. The van der Waals surface area contributed by atoms with Crippen LogP contribution in [0.4, 0.5) is 5.69 Å². The Kier molecular flexibility index (Phi) is 5.37. The lowest BCUT2D eigenvalue weighted by atomic mass is 9.99. The van der Waals surface area contributed by atoms with E-state index >= 15 is 0 Å². The van der Waals surface area contributed by atoms with Gasteiger partial charge in [0.1, 0.15) is 0 Å². The number of ether oxygens (including phenoxy) is 1. The lowest BCUT2D eigenvalue weighted by molar-refractivity contribution is -0.137. The molecule has 0 bridgehead atoms. The summed E-state index contributed by atoms with van der Waals surface area (Å²) in [6.45, 7) is 2.18. The van der Waals surface area contributed by atoms with Crippen LogP contribution in [0.3, 0.4) is 0 Å². The van der Waals surface area contributed by atoms with Gasteiger partial charge in [0.15, 0.2) is 0 Å². The van der Waals surface area contributed by atoms with Crippen molar-refractivity contribution in [2.24, 2.45) is 0 Å². The Balaban J connectivity index is 2.30. The van der Waals surface area contributed by atoms with Gasteiger partial charge in [-0.3, -0.25) is 0 Å². The summed E-state index contributed by atoms with van der Waals surface area (Å²) in [5.74, 6) is -0.319. The molecule has 3 nitrogen and oxygen atoms in total. The number of benzene rings is 2. The molecule has 0 aliphatic rings. The van der Waals surface area contributed by atoms with E-state index in [1.54, 1.807) is 13.0 Å². The highest BCUT2D eigenvalue weighted by Gasteiger charge is 2.04. The third kappa shape index (κ3) is 3.98. The quantitative estimate of drug-likeness (QED) is 0.617. The molecule has 3 heteroatoms. The summed E-state index contributed by atoms with van der Waals surface area (Å²) in [6.07, 6.45) is 3.27. The van der Waals surface area contributed by atoms with Gasteiger partial charge in [-0.25, -0.2) is 4.79 Å². The third-order valence-electron chi connectivity index (χ3n) is 3.34. The molecule has 0 N–H and O–H groups in total. The first-order valence-corrected chi connectivity index (χ1v) is 7.33. The second-order valence-corrected chi connectivity index (χ2v) is 5.11. The lowest BCUT2D eigenvalue weighted by Crippen LogP contribution is -2.07. The number of hydrogen-bond acceptors (Lipinski definition) is 3. The van der Waals surface area contributed by atoms with Crippen LogP contribution in [0.25, 0.3) is 17.2 Å². The van der Waals surface area contributed by atoms with Crippen molar-refractivity contribution in [3.05, 3.63) is 60.2 Å². The van der Waals surface area contributed by atoms with E-state index in [-0.39, 0.29) is 5.97 Å². The number of esters is 1. The molecule has 22 heavy (non-hydrogen) atoms. The van der Waals surface area contributed by atoms with E-state index in [2.05, 4.69) is 35.2 Å². The Morgan fingerprint density at radius 3 is 2.41 bits per heavy atom. The summed E-state index contributed by atoms with van der Waals surface area (Å²) in [7, 11) is 4.04. The highest BCUT2D eigenvalue weighted by atomic mass is 16.5. The fraction of sp³-hybridized carbons (Fsp3) is 0.211. The maximum Gasteiger partial charge on any atom is 0.330 e. The molecule has 0 saturated carbocycles. The molecule has 2 aromatic rings. The predicted molar refractivity (Wildman–Crippen MR) is 91.9 cm³/mol. The second kappa shape index (κ2) is 7.46. The summed E-state index contributed by atoms with van der Waals surface area (Å²) >= 11 is 0. The molecule has 0 heterocycles. The van der Waals surface area contributed by atoms with E-state index in [9.17, 15) is 4.79 Å². The Labute approximate surface area is 131 Å². The van der Waals surface area contributed by atoms with Crippen LogP contribution < -0.4 is 4.90 Å². The summed E-state index contributed by atoms with van der Waals surface area (Å²) in [5, 5.41) is 0. The molecule has 0 amide bonds. The van der Waals surface area contributed by atoms with Crippen molar-refractivity contribution in [2.75, 3.05) is 25.6 Å². The van der Waals surface area contributed by atoms with Crippen LogP contribution in [0, 0.1) is 0 Å². The SMILES string of the molecule is CCOC(=O)/C=C/c1ccccc1-c1ccc(N(C)C)cc1. The van der Waals surface area contributed by atoms with Crippen molar-refractivity contribution in [3.63, 3.8) is 0 Å². The Hall–Kier alpha value is -2.55. The zero-order chi connectivity index (χ0) is 15.9. The molecule has 0 saturated heterocycles. The average molecular weight is 295 g/mol. The first-order chi connectivity index (χ1) is 10.6. The van der Waals surface area contributed by atoms with Gasteiger partial charge in [0, 0.05) is 25.9 Å². The van der Waals surface area contributed by atoms with Gasteiger partial charge in [-0.2, -0.15) is 0 Å². The number of carbonyl (C=O) groups excluding carboxylic acids is 1. The van der Waals surface area contributed by atoms with Crippen LogP contribution in [0.15, 0.2) is 54.6 Å². The van der Waals surface area contributed by atoms with E-state index in [1.165, 1.54) is 6.08 Å². The fourth-order valence-corrected chi connectivity index (χ4v) is 2.19. The van der Waals surface area contributed by atoms with Gasteiger partial charge in [0.25, 0.3) is 0 Å². The first-order valence-electron chi connectivity index (χ1n) is 7.33. The van der Waals surface area contributed by atoms with Crippen LogP contribution in [0.1, 0.15) is 12.5 Å². The van der Waals surface area contributed by atoms with E-state index < -0.39 is 0 Å². The highest BCUT2D eigenvalue weighted by molar-refractivity contribution is 5.89. The summed E-state index contributed by atoms with van der Waals surface area (Å²) in [4.78, 5) is 13.5. The van der Waals surface area contributed by atoms with Gasteiger partial charge in [-0.15, -0.1) is 0 Å². The first kappa shape index (κ1) is 15.8. The van der Waals surface area contributed by atoms with Crippen molar-refractivity contribution in [3.8, 4) is 11.1 Å². The van der Waals surface area contributed by atoms with Gasteiger partial charge in [-0.1, -0.05) is 36.4 Å². The van der Waals surface area contributed by atoms with Gasteiger partial charge in [-0.05, 0) is 41.8 Å². The summed E-state index contributed by atoms with van der Waals surface area (Å²) in [5.41, 5.74) is 4.36. The third-order valence-corrected chi connectivity index (χ3v) is 3.34. The zero-order valence-corrected chi connectivity index (χ0v) is 13.2. The van der Waals surface area contributed by atoms with Crippen LogP contribution in [-0.4, -0.2) is 26.7 Å². The Morgan fingerprint density at radius 1 is 1.09 bits per heavy atom. The molecule has 0 spiro atoms. The molecular weight excluding hydrogens is 274 g/mol. The van der Waals surface area contributed by atoms with Crippen LogP contribution in [0.5, 0.6) is 0 Å². The second-order valence-electron chi connectivity index (χ2n) is 5.11. The van der Waals surface area contributed by atoms with Crippen molar-refractivity contribution in [2.45, 2.75) is 6.92 Å². The zero-order valence-electron chi connectivity index (χ0n) is 13.2. The van der Waals surface area contributed by atoms with E-state index in [4.69, 9.17) is 4.74 Å². The maximum atomic E-state index is 11.5. The molecule has 0 unspecified atom stereocenters. The largest absolute Gasteiger partial charge is 0.463 e. The molecule has 0 fully saturated rings. The normalized spacial score (nSPS) is 10.7. The molecule has 0 aliphatic carbocycles. The van der Waals surface area contributed by atoms with E-state index in [1.807, 2.05) is 32.3 Å². The van der Waals surface area contributed by atoms with Gasteiger partial charge >= 0.3 is 5.97 Å². The van der Waals surface area contributed by atoms with Crippen LogP contribution >= 0.6 is 0 Å². The molecule has 0 aromatic heterocycles. The predicted octanol–water partition coefficient (Wildman–Crippen LogP) is 4.00. The molecule has 2 aromatic carbocycles. The van der Waals surface area contributed by atoms with Crippen LogP contribution in [0.2, 0.25) is 0 Å². The minimum Gasteiger partial charge on any atom is -0.463 e. The van der Waals surface area contributed by atoms with Gasteiger partial charge < -0.3 is 9.64 Å². The van der Waals surface area contributed by atoms with Crippen molar-refractivity contribution in [1.82, 2.24) is 0 Å². The molecule has 0 atom stereocenters. The standard InChI is InChI=1S/C19H21NO2/c1-4-22-19(21)14-11-15-7-5-6-8-18(15)16-9-12-17(13-10-16)20(2)3/h5-14H,4H2,1-3H3/b14-11+. The molecular formula is C19H21NO2. The molecule has 2 rings (SSSR count). The maximum absolute atomic E-state index is 11.5.